The van der Waals surface area contributed by atoms with Gasteiger partial charge in [-0.15, -0.1) is 10.2 Å². The highest BCUT2D eigenvalue weighted by molar-refractivity contribution is 7.91. The summed E-state index contributed by atoms with van der Waals surface area (Å²) in [6.45, 7) is 4.13. The van der Waals surface area contributed by atoms with Crippen molar-refractivity contribution in [3.8, 4) is 11.5 Å². The molecule has 0 radical (unpaired) electrons. The first-order valence-corrected chi connectivity index (χ1v) is 11.6. The maximum absolute atomic E-state index is 12.6. The van der Waals surface area contributed by atoms with E-state index in [4.69, 9.17) is 9.47 Å². The number of ether oxygens (including phenoxy) is 2. The van der Waals surface area contributed by atoms with Crippen molar-refractivity contribution in [1.82, 2.24) is 14.9 Å². The lowest BCUT2D eigenvalue weighted by molar-refractivity contribution is 0.102. The first kappa shape index (κ1) is 22.7. The lowest BCUT2D eigenvalue weighted by Gasteiger charge is -2.11. The van der Waals surface area contributed by atoms with Gasteiger partial charge >= 0.3 is 0 Å². The molecule has 0 unspecified atom stereocenters. The lowest BCUT2D eigenvalue weighted by Crippen LogP contribution is -2.23. The SMILES string of the molecule is CCOc1cc(CNS(=O)(=O)c2nnc(NC(=O)c3ccccc3C)s2)ccc1OC. The number of carbonyl (C=O) groups excluding carboxylic acids is 1. The van der Waals surface area contributed by atoms with Crippen molar-refractivity contribution in [3.63, 3.8) is 0 Å². The van der Waals surface area contributed by atoms with Crippen LogP contribution in [0.25, 0.3) is 0 Å². The van der Waals surface area contributed by atoms with E-state index >= 15 is 0 Å². The van der Waals surface area contributed by atoms with Crippen LogP contribution in [0.2, 0.25) is 0 Å². The largest absolute Gasteiger partial charge is 0.493 e. The van der Waals surface area contributed by atoms with Gasteiger partial charge < -0.3 is 9.47 Å². The van der Waals surface area contributed by atoms with Gasteiger partial charge in [-0.05, 0) is 43.2 Å². The van der Waals surface area contributed by atoms with Gasteiger partial charge in [0.25, 0.3) is 15.9 Å². The minimum absolute atomic E-state index is 0.0247. The number of hydrogen-bond acceptors (Lipinski definition) is 8. The Bertz CT molecular complexity index is 1180. The van der Waals surface area contributed by atoms with Crippen LogP contribution in [0.15, 0.2) is 46.8 Å². The Hall–Kier alpha value is -3.02. The molecule has 1 aromatic heterocycles. The van der Waals surface area contributed by atoms with E-state index in [1.807, 2.05) is 26.0 Å². The van der Waals surface area contributed by atoms with Gasteiger partial charge in [-0.25, -0.2) is 13.1 Å². The van der Waals surface area contributed by atoms with Crippen molar-refractivity contribution in [1.29, 1.82) is 0 Å². The van der Waals surface area contributed by atoms with Gasteiger partial charge in [0, 0.05) is 12.1 Å². The number of anilines is 1. The summed E-state index contributed by atoms with van der Waals surface area (Å²) in [6, 6.07) is 12.2. The summed E-state index contributed by atoms with van der Waals surface area (Å²) in [5.41, 5.74) is 1.96. The minimum Gasteiger partial charge on any atom is -0.493 e. The van der Waals surface area contributed by atoms with Crippen molar-refractivity contribution in [2.75, 3.05) is 19.0 Å². The zero-order chi connectivity index (χ0) is 22.4. The van der Waals surface area contributed by atoms with Crippen molar-refractivity contribution < 1.29 is 22.7 Å². The fourth-order valence-electron chi connectivity index (χ4n) is 2.70. The van der Waals surface area contributed by atoms with Crippen LogP contribution in [0.4, 0.5) is 5.13 Å². The topological polar surface area (TPSA) is 120 Å². The maximum Gasteiger partial charge on any atom is 0.270 e. The first-order chi connectivity index (χ1) is 14.8. The van der Waals surface area contributed by atoms with Crippen molar-refractivity contribution in [3.05, 3.63) is 59.2 Å². The van der Waals surface area contributed by atoms with E-state index in [9.17, 15) is 13.2 Å². The molecule has 0 aliphatic carbocycles. The number of benzene rings is 2. The molecule has 3 rings (SSSR count). The van der Waals surface area contributed by atoms with Gasteiger partial charge in [-0.3, -0.25) is 10.1 Å². The number of aromatic nitrogens is 2. The second-order valence-electron chi connectivity index (χ2n) is 6.38. The fourth-order valence-corrected chi connectivity index (χ4v) is 4.65. The highest BCUT2D eigenvalue weighted by Crippen LogP contribution is 2.28. The molecule has 0 fully saturated rings. The second kappa shape index (κ2) is 9.86. The van der Waals surface area contributed by atoms with Crippen LogP contribution in [0.1, 0.15) is 28.4 Å². The van der Waals surface area contributed by atoms with Crippen LogP contribution in [0.5, 0.6) is 11.5 Å². The van der Waals surface area contributed by atoms with Gasteiger partial charge in [-0.1, -0.05) is 35.6 Å². The number of sulfonamides is 1. The average Bonchev–Trinajstić information content (AvgIpc) is 3.22. The zero-order valence-electron chi connectivity index (χ0n) is 17.2. The van der Waals surface area contributed by atoms with Crippen molar-refractivity contribution in [2.24, 2.45) is 0 Å². The quantitative estimate of drug-likeness (QED) is 0.469. The average molecular weight is 463 g/mol. The van der Waals surface area contributed by atoms with Crippen LogP contribution >= 0.6 is 11.3 Å². The summed E-state index contributed by atoms with van der Waals surface area (Å²) >= 11 is 0.772. The fraction of sp³-hybridized carbons (Fsp3) is 0.250. The van der Waals surface area contributed by atoms with E-state index in [-0.39, 0.29) is 21.9 Å². The molecule has 1 heterocycles. The Kier molecular flexibility index (Phi) is 7.21. The molecule has 164 valence electrons. The molecule has 31 heavy (non-hydrogen) atoms. The highest BCUT2D eigenvalue weighted by Gasteiger charge is 2.21. The van der Waals surface area contributed by atoms with Crippen LogP contribution < -0.4 is 19.5 Å². The van der Waals surface area contributed by atoms with Crippen LogP contribution in [0, 0.1) is 6.92 Å². The number of aryl methyl sites for hydroxylation is 1. The predicted octanol–water partition coefficient (Wildman–Crippen LogP) is 2.98. The Morgan fingerprint density at radius 3 is 2.61 bits per heavy atom. The van der Waals surface area contributed by atoms with Crippen molar-refractivity contribution in [2.45, 2.75) is 24.7 Å². The summed E-state index contributed by atoms with van der Waals surface area (Å²) in [5, 5.41) is 10.2. The number of carbonyl (C=O) groups is 1. The smallest absolute Gasteiger partial charge is 0.270 e. The number of methoxy groups -OCH3 is 1. The second-order valence-corrected chi connectivity index (χ2v) is 9.30. The van der Waals surface area contributed by atoms with E-state index in [2.05, 4.69) is 20.2 Å². The molecule has 0 aliphatic heterocycles. The molecule has 0 saturated carbocycles. The Morgan fingerprint density at radius 1 is 1.13 bits per heavy atom. The molecular weight excluding hydrogens is 440 g/mol. The molecule has 3 aromatic rings. The number of nitrogens with zero attached hydrogens (tertiary/aromatic N) is 2. The Labute approximate surface area is 184 Å². The molecule has 9 nitrogen and oxygen atoms in total. The molecule has 0 saturated heterocycles. The number of nitrogens with one attached hydrogen (secondary N) is 2. The number of hydrogen-bond donors (Lipinski definition) is 2. The van der Waals surface area contributed by atoms with Gasteiger partial charge in [0.05, 0.1) is 13.7 Å². The first-order valence-electron chi connectivity index (χ1n) is 9.34. The zero-order valence-corrected chi connectivity index (χ0v) is 18.8. The molecule has 0 atom stereocenters. The summed E-state index contributed by atoms with van der Waals surface area (Å²) in [7, 11) is -2.38. The van der Waals surface area contributed by atoms with E-state index in [1.54, 1.807) is 30.3 Å². The minimum atomic E-state index is -3.92. The molecule has 1 amide bonds. The molecule has 0 aliphatic rings. The number of rotatable bonds is 9. The molecule has 0 spiro atoms. The molecule has 0 bridgehead atoms. The highest BCUT2D eigenvalue weighted by atomic mass is 32.2. The predicted molar refractivity (Wildman–Crippen MR) is 117 cm³/mol. The molecule has 11 heteroatoms. The maximum atomic E-state index is 12.6. The summed E-state index contributed by atoms with van der Waals surface area (Å²) < 4.78 is 38.1. The van der Waals surface area contributed by atoms with E-state index < -0.39 is 10.0 Å². The van der Waals surface area contributed by atoms with Crippen LogP contribution in [0.3, 0.4) is 0 Å². The summed E-state index contributed by atoms with van der Waals surface area (Å²) in [5.74, 6) is 0.707. The van der Waals surface area contributed by atoms with Gasteiger partial charge in [0.1, 0.15) is 0 Å². The third-order valence-electron chi connectivity index (χ3n) is 4.24. The van der Waals surface area contributed by atoms with Gasteiger partial charge in [-0.2, -0.15) is 0 Å². The number of amides is 1. The third kappa shape index (κ3) is 5.57. The van der Waals surface area contributed by atoms with E-state index in [1.165, 1.54) is 7.11 Å². The summed E-state index contributed by atoms with van der Waals surface area (Å²) in [4.78, 5) is 12.4. The third-order valence-corrected chi connectivity index (χ3v) is 6.85. The van der Waals surface area contributed by atoms with Gasteiger partial charge in [0.2, 0.25) is 9.47 Å². The lowest BCUT2D eigenvalue weighted by atomic mass is 10.1. The van der Waals surface area contributed by atoms with E-state index in [0.29, 0.717) is 29.2 Å². The molecular formula is C20H22N4O5S2. The van der Waals surface area contributed by atoms with Crippen LogP contribution in [-0.4, -0.2) is 38.2 Å². The summed E-state index contributed by atoms with van der Waals surface area (Å²) in [6.07, 6.45) is 0. The van der Waals surface area contributed by atoms with Crippen LogP contribution in [-0.2, 0) is 16.6 Å². The standard InChI is InChI=1S/C20H22N4O5S2/c1-4-29-17-11-14(9-10-16(17)28-3)12-21-31(26,27)20-24-23-19(30-20)22-18(25)15-8-6-5-7-13(15)2/h5-11,21H,4,12H2,1-3H3,(H,22,23,25). The normalized spacial score (nSPS) is 11.2. The molecule has 2 aromatic carbocycles. The van der Waals surface area contributed by atoms with Crippen molar-refractivity contribution >= 4 is 32.4 Å². The Morgan fingerprint density at radius 2 is 1.90 bits per heavy atom. The Balaban J connectivity index is 1.68. The van der Waals surface area contributed by atoms with E-state index in [0.717, 1.165) is 16.9 Å². The van der Waals surface area contributed by atoms with Gasteiger partial charge in [0.15, 0.2) is 11.5 Å². The monoisotopic (exact) mass is 462 g/mol. The molecule has 2 N–H and O–H groups in total.